The molecule has 0 aromatic carbocycles. The lowest BCUT2D eigenvalue weighted by Crippen LogP contribution is -2.43. The standard InChI is InChI=1S/C13H17F3N2O/c1-2-18-7-4-12(19,5-8-18)11-9-17-6-3-10(11)13(14,15)16/h3,6,9,19H,2,4-5,7-8H2,1H3. The Bertz CT molecular complexity index is 440. The molecule has 0 radical (unpaired) electrons. The number of nitrogens with zero attached hydrogens (tertiary/aromatic N) is 2. The summed E-state index contributed by atoms with van der Waals surface area (Å²) in [6.07, 6.45) is -1.61. The van der Waals surface area contributed by atoms with E-state index in [1.807, 2.05) is 6.92 Å². The Morgan fingerprint density at radius 2 is 2.00 bits per heavy atom. The number of hydrogen-bond donors (Lipinski definition) is 1. The number of alkyl halides is 3. The third-order valence-corrected chi connectivity index (χ3v) is 3.76. The summed E-state index contributed by atoms with van der Waals surface area (Å²) in [5.74, 6) is 0. The molecule has 0 bridgehead atoms. The van der Waals surface area contributed by atoms with Gasteiger partial charge in [0.25, 0.3) is 0 Å². The quantitative estimate of drug-likeness (QED) is 0.899. The molecule has 0 atom stereocenters. The van der Waals surface area contributed by atoms with Crippen LogP contribution < -0.4 is 0 Å². The van der Waals surface area contributed by atoms with E-state index in [0.717, 1.165) is 25.0 Å². The molecule has 2 heterocycles. The van der Waals surface area contributed by atoms with E-state index in [2.05, 4.69) is 9.88 Å². The number of piperidine rings is 1. The molecule has 0 amide bonds. The van der Waals surface area contributed by atoms with Crippen molar-refractivity contribution in [3.8, 4) is 0 Å². The van der Waals surface area contributed by atoms with Gasteiger partial charge >= 0.3 is 6.18 Å². The summed E-state index contributed by atoms with van der Waals surface area (Å²) in [7, 11) is 0. The Kier molecular flexibility index (Phi) is 3.82. The molecule has 1 N–H and O–H groups in total. The van der Waals surface area contributed by atoms with E-state index in [-0.39, 0.29) is 5.56 Å². The van der Waals surface area contributed by atoms with Crippen LogP contribution in [0, 0.1) is 0 Å². The summed E-state index contributed by atoms with van der Waals surface area (Å²) < 4.78 is 38.9. The van der Waals surface area contributed by atoms with Crippen molar-refractivity contribution < 1.29 is 18.3 Å². The van der Waals surface area contributed by atoms with Gasteiger partial charge < -0.3 is 10.0 Å². The molecule has 1 fully saturated rings. The van der Waals surface area contributed by atoms with Crippen LogP contribution in [0.2, 0.25) is 0 Å². The van der Waals surface area contributed by atoms with Crippen LogP contribution >= 0.6 is 0 Å². The lowest BCUT2D eigenvalue weighted by atomic mass is 9.83. The first-order chi connectivity index (χ1) is 8.87. The summed E-state index contributed by atoms with van der Waals surface area (Å²) in [6, 6.07) is 0.930. The van der Waals surface area contributed by atoms with E-state index in [9.17, 15) is 18.3 Å². The summed E-state index contributed by atoms with van der Waals surface area (Å²) in [6.45, 7) is 4.03. The van der Waals surface area contributed by atoms with Crippen LogP contribution in [0.3, 0.4) is 0 Å². The first-order valence-electron chi connectivity index (χ1n) is 6.33. The van der Waals surface area contributed by atoms with Crippen molar-refractivity contribution in [2.75, 3.05) is 19.6 Å². The maximum Gasteiger partial charge on any atom is 0.416 e. The molecule has 3 nitrogen and oxygen atoms in total. The van der Waals surface area contributed by atoms with Gasteiger partial charge in [0.05, 0.1) is 11.2 Å². The zero-order valence-corrected chi connectivity index (χ0v) is 10.7. The Hall–Kier alpha value is -1.14. The number of pyridine rings is 1. The molecule has 1 aromatic heterocycles. The zero-order chi connectivity index (χ0) is 14.1. The number of rotatable bonds is 2. The van der Waals surface area contributed by atoms with Crippen LogP contribution in [-0.4, -0.2) is 34.6 Å². The van der Waals surface area contributed by atoms with Crippen LogP contribution in [0.15, 0.2) is 18.5 Å². The van der Waals surface area contributed by atoms with Crippen molar-refractivity contribution in [1.82, 2.24) is 9.88 Å². The number of likely N-dealkylation sites (tertiary alicyclic amines) is 1. The first-order valence-corrected chi connectivity index (χ1v) is 6.33. The van der Waals surface area contributed by atoms with Crippen LogP contribution in [0.5, 0.6) is 0 Å². The minimum Gasteiger partial charge on any atom is -0.385 e. The van der Waals surface area contributed by atoms with Crippen molar-refractivity contribution in [2.24, 2.45) is 0 Å². The normalized spacial score (nSPS) is 20.5. The highest BCUT2D eigenvalue weighted by molar-refractivity contribution is 5.32. The molecule has 0 aliphatic carbocycles. The van der Waals surface area contributed by atoms with E-state index < -0.39 is 17.3 Å². The molecular weight excluding hydrogens is 257 g/mol. The predicted molar refractivity (Wildman–Crippen MR) is 64.5 cm³/mol. The van der Waals surface area contributed by atoms with Gasteiger partial charge in [-0.15, -0.1) is 0 Å². The average Bonchev–Trinajstić information content (AvgIpc) is 2.39. The van der Waals surface area contributed by atoms with E-state index in [0.29, 0.717) is 25.9 Å². The van der Waals surface area contributed by atoms with Crippen molar-refractivity contribution >= 4 is 0 Å². The molecule has 6 heteroatoms. The number of hydrogen-bond acceptors (Lipinski definition) is 3. The van der Waals surface area contributed by atoms with Gasteiger partial charge in [-0.2, -0.15) is 13.2 Å². The average molecular weight is 274 g/mol. The number of halogens is 3. The van der Waals surface area contributed by atoms with Gasteiger partial charge in [0.2, 0.25) is 0 Å². The molecule has 2 rings (SSSR count). The maximum absolute atomic E-state index is 13.0. The minimum absolute atomic E-state index is 0.0988. The van der Waals surface area contributed by atoms with Gasteiger partial charge in [-0.3, -0.25) is 4.98 Å². The molecule has 0 saturated carbocycles. The second-order valence-electron chi connectivity index (χ2n) is 4.88. The Morgan fingerprint density at radius 1 is 1.37 bits per heavy atom. The van der Waals surface area contributed by atoms with Crippen molar-refractivity contribution in [2.45, 2.75) is 31.5 Å². The molecule has 1 saturated heterocycles. The van der Waals surface area contributed by atoms with Gasteiger partial charge in [0.1, 0.15) is 0 Å². The highest BCUT2D eigenvalue weighted by atomic mass is 19.4. The van der Waals surface area contributed by atoms with Gasteiger partial charge in [-0.1, -0.05) is 6.92 Å². The molecule has 0 spiro atoms. The second-order valence-corrected chi connectivity index (χ2v) is 4.88. The van der Waals surface area contributed by atoms with Crippen LogP contribution in [0.25, 0.3) is 0 Å². The molecule has 1 aliphatic rings. The molecule has 1 aliphatic heterocycles. The summed E-state index contributed by atoms with van der Waals surface area (Å²) in [5.41, 5.74) is -2.31. The Balaban J connectivity index is 2.32. The highest BCUT2D eigenvalue weighted by Gasteiger charge is 2.42. The monoisotopic (exact) mass is 274 g/mol. The molecule has 0 unspecified atom stereocenters. The van der Waals surface area contributed by atoms with Crippen molar-refractivity contribution in [3.63, 3.8) is 0 Å². The number of aliphatic hydroxyl groups is 1. The van der Waals surface area contributed by atoms with Gasteiger partial charge in [0.15, 0.2) is 0 Å². The third kappa shape index (κ3) is 2.90. The van der Waals surface area contributed by atoms with Crippen LogP contribution in [0.4, 0.5) is 13.2 Å². The molecule has 106 valence electrons. The van der Waals surface area contributed by atoms with Gasteiger partial charge in [0, 0.05) is 31.0 Å². The minimum atomic E-state index is -4.46. The van der Waals surface area contributed by atoms with E-state index in [4.69, 9.17) is 0 Å². The molecule has 1 aromatic rings. The SMILES string of the molecule is CCN1CCC(O)(c2cnccc2C(F)(F)F)CC1. The Labute approximate surface area is 110 Å². The fraction of sp³-hybridized carbons (Fsp3) is 0.615. The molecular formula is C13H17F3N2O. The lowest BCUT2D eigenvalue weighted by Gasteiger charge is -2.38. The lowest BCUT2D eigenvalue weighted by molar-refractivity contribution is -0.142. The topological polar surface area (TPSA) is 36.4 Å². The smallest absolute Gasteiger partial charge is 0.385 e. The third-order valence-electron chi connectivity index (χ3n) is 3.76. The first kappa shape index (κ1) is 14.3. The van der Waals surface area contributed by atoms with Gasteiger partial charge in [-0.25, -0.2) is 0 Å². The van der Waals surface area contributed by atoms with E-state index >= 15 is 0 Å². The highest BCUT2D eigenvalue weighted by Crippen LogP contribution is 2.40. The van der Waals surface area contributed by atoms with E-state index in [1.165, 1.54) is 0 Å². The Morgan fingerprint density at radius 3 is 2.53 bits per heavy atom. The summed E-state index contributed by atoms with van der Waals surface area (Å²) in [4.78, 5) is 5.85. The summed E-state index contributed by atoms with van der Waals surface area (Å²) in [5, 5.41) is 10.5. The van der Waals surface area contributed by atoms with Crippen LogP contribution in [0.1, 0.15) is 30.9 Å². The number of aromatic nitrogens is 1. The maximum atomic E-state index is 13.0. The fourth-order valence-corrected chi connectivity index (χ4v) is 2.52. The van der Waals surface area contributed by atoms with Gasteiger partial charge in [-0.05, 0) is 25.5 Å². The predicted octanol–water partition coefficient (Wildman–Crippen LogP) is 2.40. The van der Waals surface area contributed by atoms with Crippen molar-refractivity contribution in [3.05, 3.63) is 29.6 Å². The fourth-order valence-electron chi connectivity index (χ4n) is 2.52. The van der Waals surface area contributed by atoms with Crippen LogP contribution in [-0.2, 0) is 11.8 Å². The second kappa shape index (κ2) is 5.09. The zero-order valence-electron chi connectivity index (χ0n) is 10.7. The van der Waals surface area contributed by atoms with Crippen molar-refractivity contribution in [1.29, 1.82) is 0 Å². The molecule has 19 heavy (non-hydrogen) atoms. The summed E-state index contributed by atoms with van der Waals surface area (Å²) >= 11 is 0. The van der Waals surface area contributed by atoms with E-state index in [1.54, 1.807) is 0 Å². The largest absolute Gasteiger partial charge is 0.416 e.